The maximum Gasteiger partial charge on any atom is 0.573 e. The van der Waals surface area contributed by atoms with Crippen molar-refractivity contribution in [3.05, 3.63) is 29.8 Å². The van der Waals surface area contributed by atoms with E-state index in [1.165, 1.54) is 19.1 Å². The van der Waals surface area contributed by atoms with Gasteiger partial charge < -0.3 is 15.8 Å². The van der Waals surface area contributed by atoms with Gasteiger partial charge in [0.15, 0.2) is 5.75 Å². The van der Waals surface area contributed by atoms with E-state index in [0.29, 0.717) is 12.1 Å². The van der Waals surface area contributed by atoms with Gasteiger partial charge in [-0.05, 0) is 17.7 Å². The van der Waals surface area contributed by atoms with Crippen molar-refractivity contribution in [1.29, 1.82) is 0 Å². The van der Waals surface area contributed by atoms with E-state index in [1.54, 1.807) is 12.2 Å². The molecule has 0 aliphatic heterocycles. The number of anilines is 1. The van der Waals surface area contributed by atoms with E-state index < -0.39 is 12.1 Å². The van der Waals surface area contributed by atoms with Gasteiger partial charge in [0.2, 0.25) is 5.91 Å². The summed E-state index contributed by atoms with van der Waals surface area (Å²) in [6, 6.07) is 3.92. The summed E-state index contributed by atoms with van der Waals surface area (Å²) < 4.78 is 39.8. The first-order valence-electron chi connectivity index (χ1n) is 5.34. The zero-order valence-electron chi connectivity index (χ0n) is 10.1. The Morgan fingerprint density at radius 3 is 2.68 bits per heavy atom. The first-order chi connectivity index (χ1) is 8.78. The van der Waals surface area contributed by atoms with Crippen molar-refractivity contribution in [2.75, 3.05) is 12.3 Å². The number of halogens is 3. The summed E-state index contributed by atoms with van der Waals surface area (Å²) in [7, 11) is 0. The third kappa shape index (κ3) is 5.80. The Balaban J connectivity index is 2.69. The van der Waals surface area contributed by atoms with Gasteiger partial charge >= 0.3 is 6.36 Å². The van der Waals surface area contributed by atoms with E-state index in [9.17, 15) is 18.0 Å². The number of nitrogens with one attached hydrogen (secondary N) is 1. The first kappa shape index (κ1) is 14.9. The molecule has 1 aromatic carbocycles. The Kier molecular flexibility index (Phi) is 4.80. The van der Waals surface area contributed by atoms with Crippen LogP contribution in [0.2, 0.25) is 0 Å². The van der Waals surface area contributed by atoms with Gasteiger partial charge in [-0.3, -0.25) is 4.79 Å². The lowest BCUT2D eigenvalue weighted by atomic mass is 10.2. The van der Waals surface area contributed by atoms with Crippen molar-refractivity contribution in [2.45, 2.75) is 13.3 Å². The van der Waals surface area contributed by atoms with Crippen LogP contribution >= 0.6 is 0 Å². The molecule has 0 heterocycles. The van der Waals surface area contributed by atoms with Crippen molar-refractivity contribution in [1.82, 2.24) is 5.32 Å². The number of carbonyl (C=O) groups excluding carboxylic acids is 1. The predicted molar refractivity (Wildman–Crippen MR) is 65.3 cm³/mol. The second-order valence-corrected chi connectivity index (χ2v) is 3.68. The zero-order chi connectivity index (χ0) is 14.5. The van der Waals surface area contributed by atoms with Gasteiger partial charge in [-0.1, -0.05) is 18.2 Å². The molecule has 4 nitrogen and oxygen atoms in total. The minimum absolute atomic E-state index is 0.112. The van der Waals surface area contributed by atoms with Crippen LogP contribution in [-0.4, -0.2) is 18.8 Å². The Morgan fingerprint density at radius 2 is 2.16 bits per heavy atom. The Bertz CT molecular complexity index is 484. The normalized spacial score (nSPS) is 11.6. The molecule has 0 aromatic heterocycles. The molecule has 0 atom stereocenters. The quantitative estimate of drug-likeness (QED) is 0.828. The number of amides is 1. The molecule has 0 aliphatic rings. The molecule has 7 heteroatoms. The third-order valence-corrected chi connectivity index (χ3v) is 2.04. The van der Waals surface area contributed by atoms with Crippen LogP contribution in [0.3, 0.4) is 0 Å². The number of nitrogen functional groups attached to an aromatic ring is 1. The van der Waals surface area contributed by atoms with Crippen LogP contribution < -0.4 is 15.8 Å². The Labute approximate surface area is 108 Å². The standard InChI is InChI=1S/C12H13F3N2O2/c1-8(18)17-6-2-3-9-4-5-11(10(16)7-9)19-12(13,14)15/h2-5,7H,6,16H2,1H3,(H,17,18). The first-order valence-corrected chi connectivity index (χ1v) is 5.34. The van der Waals surface area contributed by atoms with Gasteiger partial charge in [-0.2, -0.15) is 0 Å². The van der Waals surface area contributed by atoms with Crippen LogP contribution in [0.1, 0.15) is 12.5 Å². The number of carbonyl (C=O) groups is 1. The van der Waals surface area contributed by atoms with E-state index in [4.69, 9.17) is 5.73 Å². The lowest BCUT2D eigenvalue weighted by Crippen LogP contribution is -2.19. The average Bonchev–Trinajstić information content (AvgIpc) is 2.26. The fraction of sp³-hybridized carbons (Fsp3) is 0.250. The molecule has 0 fully saturated rings. The highest BCUT2D eigenvalue weighted by Gasteiger charge is 2.31. The van der Waals surface area contributed by atoms with Gasteiger partial charge in [0.25, 0.3) is 0 Å². The van der Waals surface area contributed by atoms with Crippen LogP contribution in [0.15, 0.2) is 24.3 Å². The van der Waals surface area contributed by atoms with Gasteiger partial charge in [0.05, 0.1) is 5.69 Å². The molecule has 0 unspecified atom stereocenters. The molecule has 1 rings (SSSR count). The lowest BCUT2D eigenvalue weighted by Gasteiger charge is -2.11. The second-order valence-electron chi connectivity index (χ2n) is 3.68. The predicted octanol–water partition coefficient (Wildman–Crippen LogP) is 2.32. The van der Waals surface area contributed by atoms with Crippen molar-refractivity contribution in [3.63, 3.8) is 0 Å². The summed E-state index contributed by atoms with van der Waals surface area (Å²) in [6.45, 7) is 1.71. The maximum absolute atomic E-state index is 12.0. The van der Waals surface area contributed by atoms with Crippen molar-refractivity contribution >= 4 is 17.7 Å². The monoisotopic (exact) mass is 274 g/mol. The van der Waals surface area contributed by atoms with Crippen LogP contribution in [0.25, 0.3) is 6.08 Å². The van der Waals surface area contributed by atoms with E-state index >= 15 is 0 Å². The number of alkyl halides is 3. The Hall–Kier alpha value is -2.18. The molecule has 104 valence electrons. The van der Waals surface area contributed by atoms with Crippen molar-refractivity contribution in [3.8, 4) is 5.75 Å². The van der Waals surface area contributed by atoms with Crippen LogP contribution in [0, 0.1) is 0 Å². The maximum atomic E-state index is 12.0. The zero-order valence-corrected chi connectivity index (χ0v) is 10.1. The minimum atomic E-state index is -4.77. The highest BCUT2D eigenvalue weighted by Crippen LogP contribution is 2.29. The summed E-state index contributed by atoms with van der Waals surface area (Å²) in [5.41, 5.74) is 5.95. The minimum Gasteiger partial charge on any atom is -0.404 e. The van der Waals surface area contributed by atoms with Crippen LogP contribution in [0.5, 0.6) is 5.75 Å². The summed E-state index contributed by atoms with van der Waals surface area (Å²) in [4.78, 5) is 10.6. The SMILES string of the molecule is CC(=O)NCC=Cc1ccc(OC(F)(F)F)c(N)c1. The number of ether oxygens (including phenoxy) is 1. The molecule has 1 aromatic rings. The molecule has 0 bridgehead atoms. The second kappa shape index (κ2) is 6.12. The molecular formula is C12H13F3N2O2. The number of rotatable bonds is 4. The van der Waals surface area contributed by atoms with Gasteiger partial charge in [0, 0.05) is 13.5 Å². The van der Waals surface area contributed by atoms with Crippen molar-refractivity contribution < 1.29 is 22.7 Å². The number of benzene rings is 1. The topological polar surface area (TPSA) is 64.3 Å². The highest BCUT2D eigenvalue weighted by atomic mass is 19.4. The highest BCUT2D eigenvalue weighted by molar-refractivity contribution is 5.73. The molecule has 0 spiro atoms. The van der Waals surface area contributed by atoms with Crippen LogP contribution in [-0.2, 0) is 4.79 Å². The third-order valence-electron chi connectivity index (χ3n) is 2.04. The van der Waals surface area contributed by atoms with Crippen molar-refractivity contribution in [2.24, 2.45) is 0 Å². The average molecular weight is 274 g/mol. The summed E-state index contributed by atoms with van der Waals surface area (Å²) in [5.74, 6) is -0.607. The lowest BCUT2D eigenvalue weighted by molar-refractivity contribution is -0.274. The van der Waals surface area contributed by atoms with Gasteiger partial charge in [-0.15, -0.1) is 13.2 Å². The summed E-state index contributed by atoms with van der Waals surface area (Å²) in [6.07, 6.45) is -1.49. The van der Waals surface area contributed by atoms with E-state index in [2.05, 4.69) is 10.1 Å². The Morgan fingerprint density at radius 1 is 1.47 bits per heavy atom. The molecular weight excluding hydrogens is 261 g/mol. The van der Waals surface area contributed by atoms with E-state index in [0.717, 1.165) is 6.07 Å². The molecule has 3 N–H and O–H groups in total. The molecule has 1 amide bonds. The van der Waals surface area contributed by atoms with Crippen LogP contribution in [0.4, 0.5) is 18.9 Å². The number of nitrogens with two attached hydrogens (primary N) is 1. The molecule has 0 radical (unpaired) electrons. The molecule has 0 aliphatic carbocycles. The van der Waals surface area contributed by atoms with E-state index in [1.807, 2.05) is 0 Å². The number of hydrogen-bond acceptors (Lipinski definition) is 3. The van der Waals surface area contributed by atoms with Gasteiger partial charge in [-0.25, -0.2) is 0 Å². The van der Waals surface area contributed by atoms with Gasteiger partial charge in [0.1, 0.15) is 0 Å². The smallest absolute Gasteiger partial charge is 0.404 e. The fourth-order valence-corrected chi connectivity index (χ4v) is 1.29. The molecule has 19 heavy (non-hydrogen) atoms. The molecule has 0 saturated heterocycles. The number of hydrogen-bond donors (Lipinski definition) is 2. The summed E-state index contributed by atoms with van der Waals surface area (Å²) in [5, 5.41) is 2.54. The summed E-state index contributed by atoms with van der Waals surface area (Å²) >= 11 is 0. The largest absolute Gasteiger partial charge is 0.573 e. The molecule has 0 saturated carbocycles. The van der Waals surface area contributed by atoms with E-state index in [-0.39, 0.29) is 11.6 Å². The fourth-order valence-electron chi connectivity index (χ4n) is 1.29.